The number of nitrogens with zero attached hydrogens (tertiary/aromatic N) is 6. The molecule has 10 heteroatoms. The summed E-state index contributed by atoms with van der Waals surface area (Å²) in [5.41, 5.74) is 0.810. The Bertz CT molecular complexity index is 910. The third kappa shape index (κ3) is 3.47. The Labute approximate surface area is 160 Å². The molecule has 3 heterocycles. The van der Waals surface area contributed by atoms with Gasteiger partial charge < -0.3 is 4.90 Å². The summed E-state index contributed by atoms with van der Waals surface area (Å²) >= 11 is 2.19. The summed E-state index contributed by atoms with van der Waals surface area (Å²) in [6, 6.07) is 0.126. The molecular formula is C15H21IN6O2S. The van der Waals surface area contributed by atoms with Crippen molar-refractivity contribution < 1.29 is 8.42 Å². The molecule has 0 amide bonds. The van der Waals surface area contributed by atoms with Crippen LogP contribution < -0.4 is 4.90 Å². The highest BCUT2D eigenvalue weighted by Crippen LogP contribution is 2.36. The Morgan fingerprint density at radius 2 is 2.08 bits per heavy atom. The number of hydrogen-bond acceptors (Lipinski definition) is 6. The van der Waals surface area contributed by atoms with Gasteiger partial charge in [-0.05, 0) is 34.9 Å². The van der Waals surface area contributed by atoms with Gasteiger partial charge in [-0.1, -0.05) is 12.8 Å². The highest BCUT2D eigenvalue weighted by Gasteiger charge is 2.36. The van der Waals surface area contributed by atoms with Gasteiger partial charge in [-0.3, -0.25) is 0 Å². The van der Waals surface area contributed by atoms with E-state index in [4.69, 9.17) is 4.98 Å². The molecule has 136 valence electrons. The number of rotatable bonds is 4. The molecule has 1 atom stereocenters. The van der Waals surface area contributed by atoms with Crippen LogP contribution in [0.3, 0.4) is 0 Å². The summed E-state index contributed by atoms with van der Waals surface area (Å²) in [4.78, 5) is 11.5. The van der Waals surface area contributed by atoms with Gasteiger partial charge in [0, 0.05) is 38.9 Å². The molecule has 2 aromatic heterocycles. The van der Waals surface area contributed by atoms with Crippen LogP contribution in [0.1, 0.15) is 19.3 Å². The minimum atomic E-state index is -3.17. The second-order valence-electron chi connectivity index (χ2n) is 6.97. The summed E-state index contributed by atoms with van der Waals surface area (Å²) in [7, 11) is -1.29. The predicted octanol–water partition coefficient (Wildman–Crippen LogP) is 1.22. The molecule has 25 heavy (non-hydrogen) atoms. The SMILES string of the molecule is Cn1nc(I)c2cnc(N3CCN(S(C)(=O)=O)CC3CC3CC3)nc21. The predicted molar refractivity (Wildman–Crippen MR) is 104 cm³/mol. The van der Waals surface area contributed by atoms with Crippen LogP contribution in [0.2, 0.25) is 0 Å². The molecule has 1 saturated heterocycles. The average molecular weight is 476 g/mol. The molecular weight excluding hydrogens is 455 g/mol. The minimum Gasteiger partial charge on any atom is -0.335 e. The fourth-order valence-electron chi connectivity index (χ4n) is 3.46. The van der Waals surface area contributed by atoms with E-state index >= 15 is 0 Å². The minimum absolute atomic E-state index is 0.126. The molecule has 2 fully saturated rings. The van der Waals surface area contributed by atoms with Gasteiger partial charge in [-0.15, -0.1) is 0 Å². The van der Waals surface area contributed by atoms with E-state index in [0.717, 1.165) is 21.2 Å². The maximum atomic E-state index is 12.0. The monoisotopic (exact) mass is 476 g/mol. The molecule has 0 radical (unpaired) electrons. The Morgan fingerprint density at radius 3 is 2.76 bits per heavy atom. The van der Waals surface area contributed by atoms with Crippen LogP contribution >= 0.6 is 22.6 Å². The van der Waals surface area contributed by atoms with Crippen LogP contribution in [-0.4, -0.2) is 64.4 Å². The number of fused-ring (bicyclic) bond motifs is 1. The third-order valence-electron chi connectivity index (χ3n) is 5.00. The summed E-state index contributed by atoms with van der Waals surface area (Å²) < 4.78 is 28.2. The van der Waals surface area contributed by atoms with Gasteiger partial charge in [0.2, 0.25) is 16.0 Å². The average Bonchev–Trinajstić information content (AvgIpc) is 3.32. The number of piperazine rings is 1. The lowest BCUT2D eigenvalue weighted by Gasteiger charge is -2.40. The van der Waals surface area contributed by atoms with E-state index in [1.165, 1.54) is 19.1 Å². The fourth-order valence-corrected chi connectivity index (χ4v) is 5.02. The largest absolute Gasteiger partial charge is 0.335 e. The van der Waals surface area contributed by atoms with E-state index in [0.29, 0.717) is 31.5 Å². The van der Waals surface area contributed by atoms with E-state index in [-0.39, 0.29) is 6.04 Å². The van der Waals surface area contributed by atoms with E-state index in [9.17, 15) is 8.42 Å². The maximum Gasteiger partial charge on any atom is 0.227 e. The van der Waals surface area contributed by atoms with Crippen LogP contribution in [0.25, 0.3) is 11.0 Å². The molecule has 0 spiro atoms. The standard InChI is InChI=1S/C15H21IN6O2S/c1-20-14-12(13(16)19-20)8-17-15(18-14)22-6-5-21(25(2,23)24)9-11(22)7-10-3-4-10/h8,10-11H,3-7,9H2,1-2H3. The van der Waals surface area contributed by atoms with Gasteiger partial charge in [-0.25, -0.2) is 18.1 Å². The van der Waals surface area contributed by atoms with Crippen molar-refractivity contribution >= 4 is 49.6 Å². The van der Waals surface area contributed by atoms with Gasteiger partial charge in [-0.2, -0.15) is 14.4 Å². The van der Waals surface area contributed by atoms with Gasteiger partial charge in [0.05, 0.1) is 11.6 Å². The second kappa shape index (κ2) is 6.31. The maximum absolute atomic E-state index is 12.0. The van der Waals surface area contributed by atoms with Crippen molar-refractivity contribution in [1.82, 2.24) is 24.1 Å². The Hall–Kier alpha value is -1.01. The van der Waals surface area contributed by atoms with Crippen LogP contribution in [0.4, 0.5) is 5.95 Å². The van der Waals surface area contributed by atoms with E-state index < -0.39 is 10.0 Å². The van der Waals surface area contributed by atoms with Crippen molar-refractivity contribution in [3.63, 3.8) is 0 Å². The van der Waals surface area contributed by atoms with Crippen LogP contribution in [0, 0.1) is 9.62 Å². The molecule has 1 unspecified atom stereocenters. The number of aryl methyl sites for hydroxylation is 1. The molecule has 1 saturated carbocycles. The Morgan fingerprint density at radius 1 is 1.32 bits per heavy atom. The fraction of sp³-hybridized carbons (Fsp3) is 0.667. The van der Waals surface area contributed by atoms with Crippen LogP contribution in [0.5, 0.6) is 0 Å². The number of anilines is 1. The summed E-state index contributed by atoms with van der Waals surface area (Å²) in [5, 5.41) is 5.34. The number of halogens is 1. The summed E-state index contributed by atoms with van der Waals surface area (Å²) in [5.74, 6) is 1.37. The van der Waals surface area contributed by atoms with Gasteiger partial charge in [0.25, 0.3) is 0 Å². The molecule has 2 aliphatic rings. The van der Waals surface area contributed by atoms with Gasteiger partial charge in [0.15, 0.2) is 5.65 Å². The topological polar surface area (TPSA) is 84.2 Å². The van der Waals surface area contributed by atoms with E-state index in [1.807, 2.05) is 13.2 Å². The van der Waals surface area contributed by atoms with Crippen molar-refractivity contribution in [2.75, 3.05) is 30.8 Å². The zero-order valence-electron chi connectivity index (χ0n) is 14.3. The second-order valence-corrected chi connectivity index (χ2v) is 9.97. The summed E-state index contributed by atoms with van der Waals surface area (Å²) in [6.07, 6.45) is 6.59. The molecule has 0 aromatic carbocycles. The lowest BCUT2D eigenvalue weighted by Crippen LogP contribution is -2.55. The van der Waals surface area contributed by atoms with E-state index in [2.05, 4.69) is 37.6 Å². The van der Waals surface area contributed by atoms with Gasteiger partial charge >= 0.3 is 0 Å². The lowest BCUT2D eigenvalue weighted by atomic mass is 10.1. The third-order valence-corrected chi connectivity index (χ3v) is 7.06. The number of hydrogen-bond donors (Lipinski definition) is 0. The van der Waals surface area contributed by atoms with Crippen LogP contribution in [-0.2, 0) is 17.1 Å². The zero-order valence-corrected chi connectivity index (χ0v) is 17.2. The first-order valence-corrected chi connectivity index (χ1v) is 11.3. The highest BCUT2D eigenvalue weighted by atomic mass is 127. The molecule has 1 aliphatic carbocycles. The summed E-state index contributed by atoms with van der Waals surface area (Å²) in [6.45, 7) is 1.61. The van der Waals surface area contributed by atoms with Crippen molar-refractivity contribution in [1.29, 1.82) is 0 Å². The van der Waals surface area contributed by atoms with E-state index in [1.54, 1.807) is 8.99 Å². The molecule has 0 N–H and O–H groups in total. The molecule has 8 nitrogen and oxygen atoms in total. The van der Waals surface area contributed by atoms with Crippen molar-refractivity contribution in [2.45, 2.75) is 25.3 Å². The van der Waals surface area contributed by atoms with Crippen molar-refractivity contribution in [2.24, 2.45) is 13.0 Å². The Balaban J connectivity index is 1.66. The first kappa shape index (κ1) is 17.4. The zero-order chi connectivity index (χ0) is 17.8. The van der Waals surface area contributed by atoms with Crippen molar-refractivity contribution in [3.05, 3.63) is 9.90 Å². The normalized spacial score (nSPS) is 22.7. The first-order chi connectivity index (χ1) is 11.8. The van der Waals surface area contributed by atoms with Gasteiger partial charge in [0.1, 0.15) is 3.70 Å². The number of sulfonamides is 1. The quantitative estimate of drug-likeness (QED) is 0.618. The lowest BCUT2D eigenvalue weighted by molar-refractivity contribution is 0.315. The smallest absolute Gasteiger partial charge is 0.227 e. The first-order valence-electron chi connectivity index (χ1n) is 8.40. The van der Waals surface area contributed by atoms with Crippen molar-refractivity contribution in [3.8, 4) is 0 Å². The molecule has 4 rings (SSSR count). The number of aromatic nitrogens is 4. The molecule has 0 bridgehead atoms. The molecule has 2 aromatic rings. The van der Waals surface area contributed by atoms with Crippen LogP contribution in [0.15, 0.2) is 6.20 Å². The molecule has 1 aliphatic heterocycles. The highest BCUT2D eigenvalue weighted by molar-refractivity contribution is 14.1. The Kier molecular flexibility index (Phi) is 4.39.